The Kier molecular flexibility index (Phi) is 10.8. The lowest BCUT2D eigenvalue weighted by Gasteiger charge is -2.26. The number of hydrogen-bond acceptors (Lipinski definition) is 5. The molecule has 0 heterocycles. The first-order chi connectivity index (χ1) is 14.9. The third-order valence-corrected chi connectivity index (χ3v) is 4.96. The van der Waals surface area contributed by atoms with Crippen molar-refractivity contribution >= 4 is 23.7 Å². The molecule has 0 aliphatic heterocycles. The van der Waals surface area contributed by atoms with Crippen molar-refractivity contribution < 1.29 is 24.3 Å². The molecule has 0 fully saturated rings. The fraction of sp³-hybridized carbons (Fsp3) is 0.565. The van der Waals surface area contributed by atoms with Crippen LogP contribution >= 0.6 is 0 Å². The van der Waals surface area contributed by atoms with Gasteiger partial charge in [-0.2, -0.15) is 0 Å². The quantitative estimate of drug-likeness (QED) is 0.319. The minimum Gasteiger partial charge on any atom is -0.480 e. The Labute approximate surface area is 189 Å². The highest BCUT2D eigenvalue weighted by Gasteiger charge is 2.30. The summed E-state index contributed by atoms with van der Waals surface area (Å²) in [5.74, 6) is -2.86. The summed E-state index contributed by atoms with van der Waals surface area (Å²) < 4.78 is 0. The summed E-state index contributed by atoms with van der Waals surface area (Å²) in [5.41, 5.74) is 6.61. The molecule has 4 unspecified atom stereocenters. The molecule has 9 heteroatoms. The van der Waals surface area contributed by atoms with Crippen molar-refractivity contribution in [3.8, 4) is 0 Å². The van der Waals surface area contributed by atoms with E-state index in [4.69, 9.17) is 5.73 Å². The minimum atomic E-state index is -1.17. The first-order valence-electron chi connectivity index (χ1n) is 10.9. The smallest absolute Gasteiger partial charge is 0.326 e. The standard InChI is InChI=1S/C23H36N4O5/c1-13(2)11-17(24)21(29)25-15(5)20(28)27-19(14(3)4)22(30)26-18(23(31)32)12-16-9-7-6-8-10-16/h6-10,13-15,17-19H,11-12,24H2,1-5H3,(H,25,29)(H,26,30)(H,27,28)(H,31,32). The topological polar surface area (TPSA) is 151 Å². The molecule has 0 bridgehead atoms. The largest absolute Gasteiger partial charge is 0.480 e. The van der Waals surface area contributed by atoms with Gasteiger partial charge in [-0.1, -0.05) is 58.0 Å². The van der Waals surface area contributed by atoms with Crippen LogP contribution in [0.4, 0.5) is 0 Å². The molecular formula is C23H36N4O5. The molecule has 32 heavy (non-hydrogen) atoms. The molecule has 0 radical (unpaired) electrons. The van der Waals surface area contributed by atoms with Crippen LogP contribution in [0.25, 0.3) is 0 Å². The predicted molar refractivity (Wildman–Crippen MR) is 122 cm³/mol. The van der Waals surface area contributed by atoms with Gasteiger partial charge in [0.05, 0.1) is 6.04 Å². The Morgan fingerprint density at radius 3 is 1.97 bits per heavy atom. The van der Waals surface area contributed by atoms with Gasteiger partial charge in [0.2, 0.25) is 17.7 Å². The maximum Gasteiger partial charge on any atom is 0.326 e. The summed E-state index contributed by atoms with van der Waals surface area (Å²) in [6, 6.07) is 5.19. The zero-order chi connectivity index (χ0) is 24.4. The second-order valence-corrected chi connectivity index (χ2v) is 8.79. The Morgan fingerprint density at radius 1 is 0.875 bits per heavy atom. The third kappa shape index (κ3) is 9.05. The molecule has 3 amide bonds. The molecule has 0 aromatic heterocycles. The summed E-state index contributed by atoms with van der Waals surface area (Å²) in [6.07, 6.45) is 0.593. The molecule has 178 valence electrons. The Hall–Kier alpha value is -2.94. The second kappa shape index (κ2) is 12.8. The first kappa shape index (κ1) is 27.1. The van der Waals surface area contributed by atoms with E-state index in [2.05, 4.69) is 16.0 Å². The number of carbonyl (C=O) groups excluding carboxylic acids is 3. The minimum absolute atomic E-state index is 0.112. The third-order valence-electron chi connectivity index (χ3n) is 4.96. The fourth-order valence-corrected chi connectivity index (χ4v) is 3.13. The van der Waals surface area contributed by atoms with Gasteiger partial charge in [0.1, 0.15) is 18.1 Å². The van der Waals surface area contributed by atoms with Crippen molar-refractivity contribution in [3.63, 3.8) is 0 Å². The van der Waals surface area contributed by atoms with E-state index in [0.29, 0.717) is 6.42 Å². The highest BCUT2D eigenvalue weighted by molar-refractivity contribution is 5.94. The number of nitrogens with two attached hydrogens (primary N) is 1. The average Bonchev–Trinajstić information content (AvgIpc) is 2.70. The highest BCUT2D eigenvalue weighted by Crippen LogP contribution is 2.07. The van der Waals surface area contributed by atoms with Crippen LogP contribution in [0, 0.1) is 11.8 Å². The number of carboxylic acids is 1. The lowest BCUT2D eigenvalue weighted by Crippen LogP contribution is -2.58. The van der Waals surface area contributed by atoms with Crippen LogP contribution in [0.3, 0.4) is 0 Å². The molecule has 6 N–H and O–H groups in total. The van der Waals surface area contributed by atoms with Crippen molar-refractivity contribution in [1.29, 1.82) is 0 Å². The monoisotopic (exact) mass is 448 g/mol. The number of aliphatic carboxylic acids is 1. The van der Waals surface area contributed by atoms with E-state index in [-0.39, 0.29) is 18.3 Å². The van der Waals surface area contributed by atoms with Crippen molar-refractivity contribution in [1.82, 2.24) is 16.0 Å². The molecule has 0 saturated heterocycles. The van der Waals surface area contributed by atoms with Crippen molar-refractivity contribution in [2.75, 3.05) is 0 Å². The molecule has 1 rings (SSSR count). The summed E-state index contributed by atoms with van der Waals surface area (Å²) in [5, 5.41) is 17.2. The molecule has 9 nitrogen and oxygen atoms in total. The maximum absolute atomic E-state index is 12.8. The van der Waals surface area contributed by atoms with Crippen molar-refractivity contribution in [2.45, 2.75) is 71.6 Å². The number of hydrogen-bond donors (Lipinski definition) is 5. The molecule has 4 atom stereocenters. The van der Waals surface area contributed by atoms with Gasteiger partial charge in [0.25, 0.3) is 0 Å². The van der Waals surface area contributed by atoms with Crippen LogP contribution in [0.15, 0.2) is 30.3 Å². The Balaban J connectivity index is 2.77. The van der Waals surface area contributed by atoms with E-state index >= 15 is 0 Å². The van der Waals surface area contributed by atoms with Crippen LogP contribution in [0.2, 0.25) is 0 Å². The lowest BCUT2D eigenvalue weighted by atomic mass is 10.0. The van der Waals surface area contributed by atoms with Crippen molar-refractivity contribution in [3.05, 3.63) is 35.9 Å². The van der Waals surface area contributed by atoms with Crippen LogP contribution in [-0.4, -0.2) is 53.0 Å². The summed E-state index contributed by atoms with van der Waals surface area (Å²) in [6.45, 7) is 8.85. The van der Waals surface area contributed by atoms with E-state index < -0.39 is 47.9 Å². The second-order valence-electron chi connectivity index (χ2n) is 8.79. The zero-order valence-corrected chi connectivity index (χ0v) is 19.4. The number of carboxylic acid groups (broad SMARTS) is 1. The fourth-order valence-electron chi connectivity index (χ4n) is 3.13. The molecule has 0 aliphatic rings. The first-order valence-corrected chi connectivity index (χ1v) is 10.9. The van der Waals surface area contributed by atoms with E-state index in [1.54, 1.807) is 38.1 Å². The van der Waals surface area contributed by atoms with E-state index in [1.165, 1.54) is 6.92 Å². The summed E-state index contributed by atoms with van der Waals surface area (Å²) in [4.78, 5) is 49.2. The lowest BCUT2D eigenvalue weighted by molar-refractivity contribution is -0.142. The van der Waals surface area contributed by atoms with Crippen LogP contribution < -0.4 is 21.7 Å². The van der Waals surface area contributed by atoms with Gasteiger partial charge in [-0.05, 0) is 30.7 Å². The molecule has 0 spiro atoms. The van der Waals surface area contributed by atoms with Gasteiger partial charge < -0.3 is 26.8 Å². The van der Waals surface area contributed by atoms with E-state index in [1.807, 2.05) is 19.9 Å². The number of benzene rings is 1. The van der Waals surface area contributed by atoms with Gasteiger partial charge >= 0.3 is 5.97 Å². The average molecular weight is 449 g/mol. The van der Waals surface area contributed by atoms with Gasteiger partial charge in [-0.15, -0.1) is 0 Å². The number of nitrogens with one attached hydrogen (secondary N) is 3. The van der Waals surface area contributed by atoms with Gasteiger partial charge in [0.15, 0.2) is 0 Å². The molecule has 1 aromatic rings. The number of carbonyl (C=O) groups is 4. The van der Waals surface area contributed by atoms with Crippen LogP contribution in [0.1, 0.15) is 46.6 Å². The SMILES string of the molecule is CC(C)CC(N)C(=O)NC(C)C(=O)NC(C(=O)NC(Cc1ccccc1)C(=O)O)C(C)C. The summed E-state index contributed by atoms with van der Waals surface area (Å²) >= 11 is 0. The zero-order valence-electron chi connectivity index (χ0n) is 19.4. The van der Waals surface area contributed by atoms with Gasteiger partial charge in [-0.3, -0.25) is 14.4 Å². The Bertz CT molecular complexity index is 782. The number of amides is 3. The predicted octanol–water partition coefficient (Wildman–Crippen LogP) is 0.817. The molecule has 1 aromatic carbocycles. The molecule has 0 aliphatic carbocycles. The van der Waals surface area contributed by atoms with E-state index in [9.17, 15) is 24.3 Å². The van der Waals surface area contributed by atoms with Crippen LogP contribution in [-0.2, 0) is 25.6 Å². The van der Waals surface area contributed by atoms with Gasteiger partial charge in [0, 0.05) is 6.42 Å². The van der Waals surface area contributed by atoms with E-state index in [0.717, 1.165) is 5.56 Å². The highest BCUT2D eigenvalue weighted by atomic mass is 16.4. The summed E-state index contributed by atoms with van der Waals surface area (Å²) in [7, 11) is 0. The number of rotatable bonds is 12. The molecular weight excluding hydrogens is 412 g/mol. The normalized spacial score (nSPS) is 14.9. The van der Waals surface area contributed by atoms with Crippen LogP contribution in [0.5, 0.6) is 0 Å². The van der Waals surface area contributed by atoms with Crippen molar-refractivity contribution in [2.24, 2.45) is 17.6 Å². The molecule has 0 saturated carbocycles. The van der Waals surface area contributed by atoms with Gasteiger partial charge in [-0.25, -0.2) is 4.79 Å². The maximum atomic E-state index is 12.8. The Morgan fingerprint density at radius 2 is 1.47 bits per heavy atom.